The van der Waals surface area contributed by atoms with Crippen LogP contribution in [0.1, 0.15) is 5.56 Å². The molecule has 0 aliphatic carbocycles. The van der Waals surface area contributed by atoms with Crippen molar-refractivity contribution in [2.75, 3.05) is 5.32 Å². The number of rotatable bonds is 4. The second-order valence-corrected chi connectivity index (χ2v) is 4.46. The largest absolute Gasteiger partial charge is 0.380 e. The molecule has 0 radical (unpaired) electrons. The number of halogens is 2. The van der Waals surface area contributed by atoms with Gasteiger partial charge < -0.3 is 5.32 Å². The van der Waals surface area contributed by atoms with Gasteiger partial charge in [-0.05, 0) is 18.2 Å². The second kappa shape index (κ2) is 5.70. The van der Waals surface area contributed by atoms with E-state index in [0.29, 0.717) is 5.56 Å². The number of aromatic nitrogens is 3. The summed E-state index contributed by atoms with van der Waals surface area (Å²) in [6, 6.07) is 7.19. The lowest BCUT2D eigenvalue weighted by atomic mass is 10.2. The molecule has 0 saturated heterocycles. The molecule has 0 aliphatic rings. The van der Waals surface area contributed by atoms with Crippen molar-refractivity contribution in [3.05, 3.63) is 72.4 Å². The minimum absolute atomic E-state index is 0.262. The molecule has 0 aliphatic heterocycles. The highest BCUT2D eigenvalue weighted by Crippen LogP contribution is 2.14. The quantitative estimate of drug-likeness (QED) is 0.801. The van der Waals surface area contributed by atoms with Crippen LogP contribution in [0.4, 0.5) is 14.5 Å². The van der Waals surface area contributed by atoms with Gasteiger partial charge in [0, 0.05) is 30.6 Å². The Labute approximate surface area is 120 Å². The summed E-state index contributed by atoms with van der Waals surface area (Å²) in [7, 11) is 0. The van der Waals surface area contributed by atoms with Crippen molar-refractivity contribution in [3.8, 4) is 5.82 Å². The van der Waals surface area contributed by atoms with Crippen molar-refractivity contribution < 1.29 is 8.78 Å². The average molecular weight is 286 g/mol. The second-order valence-electron chi connectivity index (χ2n) is 4.46. The van der Waals surface area contributed by atoms with Crippen molar-refractivity contribution in [1.29, 1.82) is 0 Å². The first-order valence-electron chi connectivity index (χ1n) is 6.34. The molecule has 21 heavy (non-hydrogen) atoms. The van der Waals surface area contributed by atoms with E-state index < -0.39 is 11.6 Å². The van der Waals surface area contributed by atoms with Crippen molar-refractivity contribution in [2.45, 2.75) is 6.54 Å². The highest BCUT2D eigenvalue weighted by Gasteiger charge is 2.04. The van der Waals surface area contributed by atoms with Crippen molar-refractivity contribution >= 4 is 5.69 Å². The molecular weight excluding hydrogens is 274 g/mol. The van der Waals surface area contributed by atoms with Gasteiger partial charge in [0.25, 0.3) is 0 Å². The minimum Gasteiger partial charge on any atom is -0.380 e. The van der Waals surface area contributed by atoms with E-state index in [4.69, 9.17) is 0 Å². The third-order valence-electron chi connectivity index (χ3n) is 3.01. The molecule has 0 amide bonds. The molecule has 0 atom stereocenters. The molecule has 0 saturated carbocycles. The number of benzene rings is 1. The van der Waals surface area contributed by atoms with Gasteiger partial charge in [-0.1, -0.05) is 6.07 Å². The normalized spacial score (nSPS) is 10.6. The lowest BCUT2D eigenvalue weighted by Gasteiger charge is -2.08. The number of imidazole rings is 1. The maximum Gasteiger partial charge on any atom is 0.137 e. The Balaban J connectivity index is 1.68. The van der Waals surface area contributed by atoms with Gasteiger partial charge in [0.15, 0.2) is 0 Å². The molecule has 3 aromatic rings. The van der Waals surface area contributed by atoms with E-state index in [-0.39, 0.29) is 6.54 Å². The van der Waals surface area contributed by atoms with Crippen LogP contribution in [0.5, 0.6) is 0 Å². The first-order valence-corrected chi connectivity index (χ1v) is 6.34. The molecule has 0 fully saturated rings. The van der Waals surface area contributed by atoms with Gasteiger partial charge in [-0.3, -0.25) is 4.57 Å². The average Bonchev–Trinajstić information content (AvgIpc) is 3.01. The molecule has 0 bridgehead atoms. The topological polar surface area (TPSA) is 42.7 Å². The molecule has 1 aromatic carbocycles. The summed E-state index contributed by atoms with van der Waals surface area (Å²) in [6.07, 6.45) is 6.77. The summed E-state index contributed by atoms with van der Waals surface area (Å²) in [5.41, 5.74) is 1.15. The molecule has 0 spiro atoms. The number of hydrogen-bond acceptors (Lipinski definition) is 3. The number of nitrogens with one attached hydrogen (secondary N) is 1. The van der Waals surface area contributed by atoms with Crippen LogP contribution >= 0.6 is 0 Å². The summed E-state index contributed by atoms with van der Waals surface area (Å²) in [4.78, 5) is 8.23. The van der Waals surface area contributed by atoms with E-state index in [9.17, 15) is 8.78 Å². The van der Waals surface area contributed by atoms with Crippen molar-refractivity contribution in [3.63, 3.8) is 0 Å². The lowest BCUT2D eigenvalue weighted by molar-refractivity contribution is 0.574. The third-order valence-corrected chi connectivity index (χ3v) is 3.01. The third kappa shape index (κ3) is 3.05. The monoisotopic (exact) mass is 286 g/mol. The molecule has 1 N–H and O–H groups in total. The summed E-state index contributed by atoms with van der Waals surface area (Å²) < 4.78 is 28.1. The maximum absolute atomic E-state index is 13.5. The van der Waals surface area contributed by atoms with Crippen LogP contribution < -0.4 is 5.32 Å². The van der Waals surface area contributed by atoms with Gasteiger partial charge in [0.05, 0.1) is 11.9 Å². The van der Waals surface area contributed by atoms with Crippen LogP contribution in [-0.4, -0.2) is 14.5 Å². The summed E-state index contributed by atoms with van der Waals surface area (Å²) in [5, 5.41) is 3.04. The number of pyridine rings is 1. The van der Waals surface area contributed by atoms with Gasteiger partial charge in [0.1, 0.15) is 23.8 Å². The smallest absolute Gasteiger partial charge is 0.137 e. The molecule has 2 heterocycles. The van der Waals surface area contributed by atoms with E-state index in [2.05, 4.69) is 15.3 Å². The van der Waals surface area contributed by atoms with E-state index in [1.54, 1.807) is 29.5 Å². The fourth-order valence-electron chi connectivity index (χ4n) is 1.90. The Hall–Kier alpha value is -2.76. The minimum atomic E-state index is -0.581. The number of nitrogens with zero attached hydrogens (tertiary/aromatic N) is 3. The van der Waals surface area contributed by atoms with Crippen LogP contribution in [0.3, 0.4) is 0 Å². The van der Waals surface area contributed by atoms with Crippen LogP contribution in [0.2, 0.25) is 0 Å². The Bertz CT molecular complexity index is 724. The molecule has 6 heteroatoms. The maximum atomic E-state index is 13.5. The zero-order valence-electron chi connectivity index (χ0n) is 11.0. The Morgan fingerprint density at radius 3 is 2.71 bits per heavy atom. The first kappa shape index (κ1) is 13.2. The van der Waals surface area contributed by atoms with Gasteiger partial charge in [-0.2, -0.15) is 0 Å². The van der Waals surface area contributed by atoms with E-state index in [0.717, 1.165) is 17.6 Å². The first-order chi connectivity index (χ1) is 10.2. The number of hydrogen-bond donors (Lipinski definition) is 1. The highest BCUT2D eigenvalue weighted by atomic mass is 19.1. The van der Waals surface area contributed by atoms with Crippen LogP contribution in [0.25, 0.3) is 5.82 Å². The molecule has 0 unspecified atom stereocenters. The molecule has 2 aromatic heterocycles. The van der Waals surface area contributed by atoms with Crippen molar-refractivity contribution in [2.24, 2.45) is 0 Å². The molecule has 4 nitrogen and oxygen atoms in total. The molecular formula is C15H12F2N4. The highest BCUT2D eigenvalue weighted by molar-refractivity contribution is 5.44. The van der Waals surface area contributed by atoms with E-state index in [1.165, 1.54) is 12.1 Å². The Kier molecular flexibility index (Phi) is 3.59. The fraction of sp³-hybridized carbons (Fsp3) is 0.0667. The lowest BCUT2D eigenvalue weighted by Crippen LogP contribution is -2.03. The van der Waals surface area contributed by atoms with E-state index in [1.807, 2.05) is 12.1 Å². The van der Waals surface area contributed by atoms with Gasteiger partial charge in [0.2, 0.25) is 0 Å². The zero-order valence-corrected chi connectivity index (χ0v) is 11.0. The summed E-state index contributed by atoms with van der Waals surface area (Å²) >= 11 is 0. The van der Waals surface area contributed by atoms with Gasteiger partial charge >= 0.3 is 0 Å². The summed E-state index contributed by atoms with van der Waals surface area (Å²) in [5.74, 6) is -0.404. The summed E-state index contributed by atoms with van der Waals surface area (Å²) in [6.45, 7) is 0.262. The van der Waals surface area contributed by atoms with Crippen LogP contribution in [0, 0.1) is 11.6 Å². The van der Waals surface area contributed by atoms with Crippen LogP contribution in [0.15, 0.2) is 55.2 Å². The fourth-order valence-corrected chi connectivity index (χ4v) is 1.90. The van der Waals surface area contributed by atoms with E-state index >= 15 is 0 Å². The Morgan fingerprint density at radius 1 is 1.14 bits per heavy atom. The predicted molar refractivity (Wildman–Crippen MR) is 75.0 cm³/mol. The number of anilines is 1. The van der Waals surface area contributed by atoms with Crippen LogP contribution in [-0.2, 0) is 6.54 Å². The van der Waals surface area contributed by atoms with Crippen molar-refractivity contribution in [1.82, 2.24) is 14.5 Å². The predicted octanol–water partition coefficient (Wildman–Crippen LogP) is 3.16. The Morgan fingerprint density at radius 2 is 2.05 bits per heavy atom. The molecule has 3 rings (SSSR count). The standard InChI is InChI=1S/C15H12F2N4/c16-12-2-1-11(14(17)7-12)8-19-13-3-4-15(20-9-13)21-6-5-18-10-21/h1-7,9-10,19H,8H2. The van der Waals surface area contributed by atoms with Gasteiger partial charge in [-0.25, -0.2) is 18.7 Å². The van der Waals surface area contributed by atoms with Gasteiger partial charge in [-0.15, -0.1) is 0 Å². The SMILES string of the molecule is Fc1ccc(CNc2ccc(-n3ccnc3)nc2)c(F)c1. The molecule has 106 valence electrons. The zero-order chi connectivity index (χ0) is 14.7.